The van der Waals surface area contributed by atoms with Crippen molar-refractivity contribution >= 4 is 29.7 Å². The van der Waals surface area contributed by atoms with E-state index in [0.717, 1.165) is 17.7 Å². The van der Waals surface area contributed by atoms with Crippen molar-refractivity contribution in [3.63, 3.8) is 0 Å². The summed E-state index contributed by atoms with van der Waals surface area (Å²) in [7, 11) is 0. The topological polar surface area (TPSA) is 161 Å². The zero-order valence-corrected chi connectivity index (χ0v) is 24.6. The molecule has 13 heteroatoms. The predicted molar refractivity (Wildman–Crippen MR) is 155 cm³/mol. The molecule has 4 N–H and O–H groups in total. The minimum atomic E-state index is -1.47. The minimum absolute atomic E-state index is 0.00631. The normalized spacial score (nSPS) is 13.0. The van der Waals surface area contributed by atoms with Gasteiger partial charge in [-0.2, -0.15) is 0 Å². The van der Waals surface area contributed by atoms with Crippen LogP contribution in [0.1, 0.15) is 51.8 Å². The van der Waals surface area contributed by atoms with Gasteiger partial charge in [0, 0.05) is 6.20 Å². The van der Waals surface area contributed by atoms with Gasteiger partial charge in [0.1, 0.15) is 23.0 Å². The lowest BCUT2D eigenvalue weighted by Gasteiger charge is -2.29. The fraction of sp³-hybridized carbons (Fsp3) is 0.367. The number of halogens is 1. The summed E-state index contributed by atoms with van der Waals surface area (Å²) in [6.45, 7) is 7.89. The van der Waals surface area contributed by atoms with Crippen LogP contribution in [0.2, 0.25) is 0 Å². The van der Waals surface area contributed by atoms with Crippen molar-refractivity contribution in [1.29, 1.82) is 0 Å². The van der Waals surface area contributed by atoms with Crippen LogP contribution in [0.4, 0.5) is 15.0 Å². The number of carbonyl (C=O) groups excluding carboxylic acids is 3. The molecule has 0 spiro atoms. The van der Waals surface area contributed by atoms with E-state index in [9.17, 15) is 28.7 Å². The lowest BCUT2D eigenvalue weighted by molar-refractivity contribution is -0.139. The Balaban J connectivity index is 1.75. The Bertz CT molecular complexity index is 1420. The van der Waals surface area contributed by atoms with E-state index in [1.807, 2.05) is 30.3 Å². The largest absolute Gasteiger partial charge is 0.479 e. The van der Waals surface area contributed by atoms with Gasteiger partial charge in [-0.3, -0.25) is 9.59 Å². The van der Waals surface area contributed by atoms with Crippen LogP contribution in [-0.4, -0.2) is 62.3 Å². The summed E-state index contributed by atoms with van der Waals surface area (Å²) in [5, 5.41) is 17.4. The summed E-state index contributed by atoms with van der Waals surface area (Å²) in [5.74, 6) is -3.12. The maximum atomic E-state index is 13.4. The second-order valence-electron chi connectivity index (χ2n) is 11.3. The molecular formula is C30H36FN5O7. The highest BCUT2D eigenvalue weighted by Gasteiger charge is 2.35. The van der Waals surface area contributed by atoms with Crippen molar-refractivity contribution in [2.75, 3.05) is 11.9 Å². The van der Waals surface area contributed by atoms with Crippen molar-refractivity contribution in [3.05, 3.63) is 84.1 Å². The number of imidazole rings is 1. The van der Waals surface area contributed by atoms with Crippen molar-refractivity contribution in [2.45, 2.75) is 64.4 Å². The molecule has 0 saturated carbocycles. The van der Waals surface area contributed by atoms with Crippen LogP contribution in [0.25, 0.3) is 0 Å². The number of ether oxygens (including phenoxy) is 2. The molecule has 3 amide bonds. The Hall–Kier alpha value is -4.78. The molecule has 0 radical (unpaired) electrons. The Morgan fingerprint density at radius 2 is 1.65 bits per heavy atom. The maximum absolute atomic E-state index is 13.4. The van der Waals surface area contributed by atoms with Gasteiger partial charge in [-0.15, -0.1) is 0 Å². The third-order valence-electron chi connectivity index (χ3n) is 5.97. The number of rotatable bonds is 12. The summed E-state index contributed by atoms with van der Waals surface area (Å²) in [6, 6.07) is 11.7. The first kappa shape index (κ1) is 32.7. The van der Waals surface area contributed by atoms with Crippen LogP contribution in [0.3, 0.4) is 0 Å². The molecule has 12 nitrogen and oxygen atoms in total. The van der Waals surface area contributed by atoms with E-state index in [0.29, 0.717) is 5.56 Å². The fourth-order valence-electron chi connectivity index (χ4n) is 3.85. The molecule has 3 rings (SSSR count). The highest BCUT2D eigenvalue weighted by molar-refractivity contribution is 5.98. The zero-order chi connectivity index (χ0) is 31.8. The van der Waals surface area contributed by atoms with E-state index < -0.39 is 52.9 Å². The number of amides is 3. The lowest BCUT2D eigenvalue weighted by Crippen LogP contribution is -2.59. The molecule has 0 saturated heterocycles. The van der Waals surface area contributed by atoms with Gasteiger partial charge in [-0.05, 0) is 57.9 Å². The number of nitrogens with zero attached hydrogens (tertiary/aromatic N) is 2. The molecule has 3 aromatic rings. The molecule has 2 atom stereocenters. The Morgan fingerprint density at radius 1 is 1.00 bits per heavy atom. The first-order valence-corrected chi connectivity index (χ1v) is 13.4. The number of benzene rings is 2. The minimum Gasteiger partial charge on any atom is -0.479 e. The number of carbonyl (C=O) groups is 4. The van der Waals surface area contributed by atoms with Gasteiger partial charge in [0.05, 0.1) is 19.5 Å². The summed E-state index contributed by atoms with van der Waals surface area (Å²) < 4.78 is 25.6. The van der Waals surface area contributed by atoms with Gasteiger partial charge in [0.2, 0.25) is 5.91 Å². The lowest BCUT2D eigenvalue weighted by atomic mass is 10.0. The molecule has 0 bridgehead atoms. The summed E-state index contributed by atoms with van der Waals surface area (Å²) in [4.78, 5) is 54.9. The van der Waals surface area contributed by atoms with Crippen LogP contribution in [0.15, 0.2) is 67.1 Å². The number of nitrogens with one attached hydrogen (secondary N) is 3. The SMILES string of the molecule is CC(C)(C)OC(=O)NC(C)(C)C(=O)N[C@H](COCc1ccccc1)C(=O)Nc1cn(C(C(=O)O)c2ccc(F)cc2)cn1. The molecule has 0 aliphatic rings. The summed E-state index contributed by atoms with van der Waals surface area (Å²) >= 11 is 0. The van der Waals surface area contributed by atoms with E-state index >= 15 is 0 Å². The van der Waals surface area contributed by atoms with E-state index in [2.05, 4.69) is 20.9 Å². The third-order valence-corrected chi connectivity index (χ3v) is 5.97. The first-order chi connectivity index (χ1) is 20.1. The fourth-order valence-corrected chi connectivity index (χ4v) is 3.85. The molecule has 0 aliphatic carbocycles. The average molecular weight is 598 g/mol. The number of carboxylic acid groups (broad SMARTS) is 1. The van der Waals surface area contributed by atoms with E-state index in [1.165, 1.54) is 43.1 Å². The standard InChI is InChI=1S/C30H36FN5O7/c1-29(2,3)43-28(41)35-30(4,5)27(40)33-22(17-42-16-19-9-7-6-8-10-19)25(37)34-23-15-36(18-32-23)24(26(38)39)20-11-13-21(31)14-12-20/h6-15,18,22,24H,16-17H2,1-5H3,(H,33,40)(H,34,37)(H,35,41)(H,38,39)/t22-,24?/m1/s1. The van der Waals surface area contributed by atoms with Crippen LogP contribution in [0, 0.1) is 5.82 Å². The molecule has 230 valence electrons. The third kappa shape index (κ3) is 9.92. The van der Waals surface area contributed by atoms with E-state index in [1.54, 1.807) is 20.8 Å². The number of aliphatic carboxylic acids is 1. The average Bonchev–Trinajstić information content (AvgIpc) is 3.35. The van der Waals surface area contributed by atoms with Gasteiger partial charge in [-0.25, -0.2) is 19.0 Å². The second-order valence-corrected chi connectivity index (χ2v) is 11.3. The maximum Gasteiger partial charge on any atom is 0.408 e. The zero-order valence-electron chi connectivity index (χ0n) is 24.6. The van der Waals surface area contributed by atoms with Crippen LogP contribution in [-0.2, 0) is 30.5 Å². The van der Waals surface area contributed by atoms with Gasteiger partial charge >= 0.3 is 12.1 Å². The number of aromatic nitrogens is 2. The number of hydrogen-bond donors (Lipinski definition) is 4. The summed E-state index contributed by atoms with van der Waals surface area (Å²) in [5.41, 5.74) is -1.11. The van der Waals surface area contributed by atoms with Crippen LogP contribution >= 0.6 is 0 Å². The van der Waals surface area contributed by atoms with Crippen molar-refractivity contribution in [2.24, 2.45) is 0 Å². The first-order valence-electron chi connectivity index (χ1n) is 13.4. The molecule has 0 aliphatic heterocycles. The van der Waals surface area contributed by atoms with Gasteiger partial charge in [0.25, 0.3) is 5.91 Å². The monoisotopic (exact) mass is 597 g/mol. The predicted octanol–water partition coefficient (Wildman–Crippen LogP) is 3.64. The number of carboxylic acids is 1. The van der Waals surface area contributed by atoms with Crippen LogP contribution in [0.5, 0.6) is 0 Å². The van der Waals surface area contributed by atoms with Gasteiger partial charge < -0.3 is 35.1 Å². The number of anilines is 1. The van der Waals surface area contributed by atoms with Crippen molar-refractivity contribution in [3.8, 4) is 0 Å². The smallest absolute Gasteiger partial charge is 0.408 e. The molecule has 1 heterocycles. The number of alkyl carbamates (subject to hydrolysis) is 1. The molecule has 1 aromatic heterocycles. The Morgan fingerprint density at radius 3 is 2.26 bits per heavy atom. The van der Waals surface area contributed by atoms with Gasteiger partial charge in [0.15, 0.2) is 11.9 Å². The molecular weight excluding hydrogens is 561 g/mol. The van der Waals surface area contributed by atoms with Gasteiger partial charge in [-0.1, -0.05) is 42.5 Å². The molecule has 1 unspecified atom stereocenters. The number of hydrogen-bond acceptors (Lipinski definition) is 7. The Kier molecular flexibility index (Phi) is 10.6. The van der Waals surface area contributed by atoms with Crippen molar-refractivity contribution in [1.82, 2.24) is 20.2 Å². The van der Waals surface area contributed by atoms with Crippen LogP contribution < -0.4 is 16.0 Å². The Labute approximate surface area is 248 Å². The highest BCUT2D eigenvalue weighted by Crippen LogP contribution is 2.21. The van der Waals surface area contributed by atoms with E-state index in [-0.39, 0.29) is 19.0 Å². The van der Waals surface area contributed by atoms with Crippen molar-refractivity contribution < 1.29 is 38.1 Å². The summed E-state index contributed by atoms with van der Waals surface area (Å²) in [6.07, 6.45) is 1.71. The molecule has 2 aromatic carbocycles. The highest BCUT2D eigenvalue weighted by atomic mass is 19.1. The second kappa shape index (κ2) is 13.9. The quantitative estimate of drug-likeness (QED) is 0.246. The van der Waals surface area contributed by atoms with E-state index in [4.69, 9.17) is 9.47 Å². The molecule has 0 fully saturated rings. The molecule has 43 heavy (non-hydrogen) atoms.